The third-order valence-electron chi connectivity index (χ3n) is 1.59. The van der Waals surface area contributed by atoms with Crippen LogP contribution in [0.25, 0.3) is 0 Å². The first kappa shape index (κ1) is 11.3. The van der Waals surface area contributed by atoms with E-state index in [9.17, 15) is 0 Å². The Bertz CT molecular complexity index is 255. The summed E-state index contributed by atoms with van der Waals surface area (Å²) in [4.78, 5) is 0. The highest BCUT2D eigenvalue weighted by molar-refractivity contribution is 5.85. The monoisotopic (exact) mass is 187 g/mol. The standard InChI is InChI=1S/C9H13NO.ClH/c1-9(2,10)7-4-3-5-8(11)6-7;/h3-6,11H,10H2,1-2H3;1H. The predicted molar refractivity (Wildman–Crippen MR) is 52.6 cm³/mol. The molecule has 2 nitrogen and oxygen atoms in total. The van der Waals surface area contributed by atoms with Gasteiger partial charge in [0.05, 0.1) is 0 Å². The Hall–Kier alpha value is -0.730. The maximum atomic E-state index is 9.12. The molecule has 0 atom stereocenters. The Morgan fingerprint density at radius 3 is 2.25 bits per heavy atom. The van der Waals surface area contributed by atoms with Crippen molar-refractivity contribution in [2.24, 2.45) is 5.73 Å². The number of hydrogen-bond acceptors (Lipinski definition) is 2. The van der Waals surface area contributed by atoms with Crippen molar-refractivity contribution in [3.63, 3.8) is 0 Å². The second-order valence-corrected chi connectivity index (χ2v) is 3.27. The Morgan fingerprint density at radius 2 is 1.92 bits per heavy atom. The summed E-state index contributed by atoms with van der Waals surface area (Å²) >= 11 is 0. The maximum Gasteiger partial charge on any atom is 0.115 e. The SMILES string of the molecule is CC(C)(N)c1cccc(O)c1.Cl. The molecule has 68 valence electrons. The van der Waals surface area contributed by atoms with Crippen LogP contribution >= 0.6 is 12.4 Å². The Kier molecular flexibility index (Phi) is 3.55. The van der Waals surface area contributed by atoms with Gasteiger partial charge >= 0.3 is 0 Å². The molecule has 1 aromatic rings. The highest BCUT2D eigenvalue weighted by Gasteiger charge is 2.13. The van der Waals surface area contributed by atoms with Gasteiger partial charge < -0.3 is 10.8 Å². The van der Waals surface area contributed by atoms with Gasteiger partial charge in [0.2, 0.25) is 0 Å². The van der Waals surface area contributed by atoms with Crippen molar-refractivity contribution in [1.29, 1.82) is 0 Å². The number of phenols is 1. The van der Waals surface area contributed by atoms with Crippen LogP contribution in [0.4, 0.5) is 0 Å². The van der Waals surface area contributed by atoms with Crippen LogP contribution in [0.1, 0.15) is 19.4 Å². The minimum Gasteiger partial charge on any atom is -0.508 e. The van der Waals surface area contributed by atoms with E-state index in [2.05, 4.69) is 0 Å². The molecule has 0 bridgehead atoms. The third kappa shape index (κ3) is 2.72. The fraction of sp³-hybridized carbons (Fsp3) is 0.333. The number of phenolic OH excluding ortho intramolecular Hbond substituents is 1. The van der Waals surface area contributed by atoms with Gasteiger partial charge in [0.25, 0.3) is 0 Å². The zero-order valence-corrected chi connectivity index (χ0v) is 8.06. The largest absolute Gasteiger partial charge is 0.508 e. The lowest BCUT2D eigenvalue weighted by Crippen LogP contribution is -2.28. The number of benzene rings is 1. The molecule has 0 spiro atoms. The quantitative estimate of drug-likeness (QED) is 0.707. The molecule has 0 radical (unpaired) electrons. The van der Waals surface area contributed by atoms with E-state index >= 15 is 0 Å². The normalized spacial score (nSPS) is 10.6. The van der Waals surface area contributed by atoms with Crippen molar-refractivity contribution in [3.8, 4) is 5.75 Å². The van der Waals surface area contributed by atoms with Gasteiger partial charge in [0, 0.05) is 5.54 Å². The molecule has 3 heteroatoms. The number of halogens is 1. The van der Waals surface area contributed by atoms with E-state index < -0.39 is 0 Å². The van der Waals surface area contributed by atoms with E-state index in [0.29, 0.717) is 0 Å². The molecule has 1 rings (SSSR count). The van der Waals surface area contributed by atoms with Crippen LogP contribution in [-0.2, 0) is 5.54 Å². The Morgan fingerprint density at radius 1 is 1.33 bits per heavy atom. The second kappa shape index (κ2) is 3.78. The van der Waals surface area contributed by atoms with E-state index in [1.54, 1.807) is 18.2 Å². The summed E-state index contributed by atoms with van der Waals surface area (Å²) in [5.74, 6) is 0.265. The summed E-state index contributed by atoms with van der Waals surface area (Å²) in [7, 11) is 0. The molecule has 0 saturated carbocycles. The van der Waals surface area contributed by atoms with Gasteiger partial charge in [-0.1, -0.05) is 12.1 Å². The van der Waals surface area contributed by atoms with Crippen molar-refractivity contribution >= 4 is 12.4 Å². The van der Waals surface area contributed by atoms with Gasteiger partial charge in [-0.15, -0.1) is 12.4 Å². The summed E-state index contributed by atoms with van der Waals surface area (Å²) in [6.45, 7) is 3.81. The molecule has 0 fully saturated rings. The summed E-state index contributed by atoms with van der Waals surface area (Å²) in [5, 5.41) is 9.12. The van der Waals surface area contributed by atoms with Crippen LogP contribution < -0.4 is 5.73 Å². The average Bonchev–Trinajstić information content (AvgIpc) is 1.86. The average molecular weight is 188 g/mol. The molecular weight excluding hydrogens is 174 g/mol. The highest BCUT2D eigenvalue weighted by Crippen LogP contribution is 2.20. The third-order valence-corrected chi connectivity index (χ3v) is 1.59. The molecule has 12 heavy (non-hydrogen) atoms. The number of aromatic hydroxyl groups is 1. The van der Waals surface area contributed by atoms with Crippen molar-refractivity contribution < 1.29 is 5.11 Å². The molecule has 0 aromatic heterocycles. The lowest BCUT2D eigenvalue weighted by Gasteiger charge is -2.18. The highest BCUT2D eigenvalue weighted by atomic mass is 35.5. The molecule has 0 aliphatic carbocycles. The molecule has 3 N–H and O–H groups in total. The molecule has 1 aromatic carbocycles. The molecule has 0 heterocycles. The van der Waals surface area contributed by atoms with E-state index in [0.717, 1.165) is 5.56 Å². The molecule has 0 aliphatic heterocycles. The minimum absolute atomic E-state index is 0. The number of hydrogen-bond donors (Lipinski definition) is 2. The van der Waals surface area contributed by atoms with E-state index in [1.807, 2.05) is 19.9 Å². The lowest BCUT2D eigenvalue weighted by molar-refractivity contribution is 0.469. The molecule has 0 unspecified atom stereocenters. The zero-order valence-electron chi connectivity index (χ0n) is 7.24. The van der Waals surface area contributed by atoms with Crippen molar-refractivity contribution in [2.75, 3.05) is 0 Å². The van der Waals surface area contributed by atoms with Crippen molar-refractivity contribution in [3.05, 3.63) is 29.8 Å². The van der Waals surface area contributed by atoms with Crippen LogP contribution in [0.3, 0.4) is 0 Å². The van der Waals surface area contributed by atoms with Gasteiger partial charge in [-0.3, -0.25) is 0 Å². The van der Waals surface area contributed by atoms with E-state index in [1.165, 1.54) is 0 Å². The summed E-state index contributed by atoms with van der Waals surface area (Å²) in [6, 6.07) is 7.01. The van der Waals surface area contributed by atoms with Gasteiger partial charge in [-0.2, -0.15) is 0 Å². The Balaban J connectivity index is 0.00000121. The molecule has 0 aliphatic rings. The first-order valence-corrected chi connectivity index (χ1v) is 3.58. The van der Waals surface area contributed by atoms with E-state index in [-0.39, 0.29) is 23.7 Å². The van der Waals surface area contributed by atoms with E-state index in [4.69, 9.17) is 10.8 Å². The minimum atomic E-state index is -0.376. The first-order chi connectivity index (χ1) is 5.00. The maximum absolute atomic E-state index is 9.12. The summed E-state index contributed by atoms with van der Waals surface area (Å²) in [5.41, 5.74) is 6.38. The molecular formula is C9H14ClNO. The second-order valence-electron chi connectivity index (χ2n) is 3.27. The van der Waals surface area contributed by atoms with Gasteiger partial charge in [0.15, 0.2) is 0 Å². The zero-order chi connectivity index (χ0) is 8.48. The van der Waals surface area contributed by atoms with Crippen LogP contribution in [0.15, 0.2) is 24.3 Å². The molecule has 0 amide bonds. The van der Waals surface area contributed by atoms with Gasteiger partial charge in [-0.05, 0) is 31.5 Å². The number of rotatable bonds is 1. The van der Waals surface area contributed by atoms with Gasteiger partial charge in [0.1, 0.15) is 5.75 Å². The van der Waals surface area contributed by atoms with Crippen molar-refractivity contribution in [2.45, 2.75) is 19.4 Å². The summed E-state index contributed by atoms with van der Waals surface area (Å²) < 4.78 is 0. The first-order valence-electron chi connectivity index (χ1n) is 3.58. The predicted octanol–water partition coefficient (Wildman–Crippen LogP) is 2.01. The fourth-order valence-corrected chi connectivity index (χ4v) is 0.907. The van der Waals surface area contributed by atoms with Crippen LogP contribution in [-0.4, -0.2) is 5.11 Å². The van der Waals surface area contributed by atoms with Crippen LogP contribution in [0, 0.1) is 0 Å². The fourth-order valence-electron chi connectivity index (χ4n) is 0.907. The van der Waals surface area contributed by atoms with Crippen LogP contribution in [0.5, 0.6) is 5.75 Å². The molecule has 0 saturated heterocycles. The lowest BCUT2D eigenvalue weighted by atomic mass is 9.96. The number of nitrogens with two attached hydrogens (primary N) is 1. The smallest absolute Gasteiger partial charge is 0.115 e. The topological polar surface area (TPSA) is 46.2 Å². The van der Waals surface area contributed by atoms with Crippen molar-refractivity contribution in [1.82, 2.24) is 0 Å². The van der Waals surface area contributed by atoms with Crippen LogP contribution in [0.2, 0.25) is 0 Å². The Labute approximate surface area is 78.8 Å². The van der Waals surface area contributed by atoms with Gasteiger partial charge in [-0.25, -0.2) is 0 Å². The summed E-state index contributed by atoms with van der Waals surface area (Å²) in [6.07, 6.45) is 0.